The fourth-order valence-corrected chi connectivity index (χ4v) is 4.14. The van der Waals surface area contributed by atoms with Crippen molar-refractivity contribution in [1.29, 1.82) is 0 Å². The number of carbonyl (C=O) groups excluding carboxylic acids is 1. The molecule has 1 aliphatic rings. The first kappa shape index (κ1) is 16.3. The largest absolute Gasteiger partial charge is 0.495 e. The van der Waals surface area contributed by atoms with Gasteiger partial charge in [0, 0.05) is 30.2 Å². The summed E-state index contributed by atoms with van der Waals surface area (Å²) in [6.45, 7) is 0.403. The third-order valence-electron chi connectivity index (χ3n) is 3.75. The van der Waals surface area contributed by atoms with Gasteiger partial charge in [-0.15, -0.1) is 0 Å². The topological polar surface area (TPSA) is 88.6 Å². The SMILES string of the molecule is COc1ccc(NC(=O)c2ccncc2)cc1N1CCCS1(=O)=O. The van der Waals surface area contributed by atoms with E-state index in [9.17, 15) is 13.2 Å². The van der Waals surface area contributed by atoms with E-state index in [1.165, 1.54) is 23.8 Å². The molecule has 0 atom stereocenters. The molecule has 1 aromatic heterocycles. The highest BCUT2D eigenvalue weighted by Crippen LogP contribution is 2.35. The van der Waals surface area contributed by atoms with Crippen LogP contribution in [0.15, 0.2) is 42.7 Å². The Labute approximate surface area is 140 Å². The van der Waals surface area contributed by atoms with Crippen LogP contribution in [0.4, 0.5) is 11.4 Å². The van der Waals surface area contributed by atoms with Crippen molar-refractivity contribution in [3.8, 4) is 5.75 Å². The third-order valence-corrected chi connectivity index (χ3v) is 5.60. The van der Waals surface area contributed by atoms with Gasteiger partial charge in [-0.2, -0.15) is 0 Å². The number of rotatable bonds is 4. The van der Waals surface area contributed by atoms with Crippen LogP contribution in [-0.2, 0) is 10.0 Å². The average molecular weight is 347 g/mol. The number of hydrogen-bond donors (Lipinski definition) is 1. The second-order valence-corrected chi connectivity index (χ2v) is 7.33. The summed E-state index contributed by atoms with van der Waals surface area (Å²) >= 11 is 0. The van der Waals surface area contributed by atoms with E-state index in [-0.39, 0.29) is 11.7 Å². The van der Waals surface area contributed by atoms with Crippen molar-refractivity contribution in [1.82, 2.24) is 4.98 Å². The fourth-order valence-electron chi connectivity index (χ4n) is 2.58. The number of amides is 1. The van der Waals surface area contributed by atoms with Gasteiger partial charge in [-0.3, -0.25) is 14.1 Å². The molecule has 24 heavy (non-hydrogen) atoms. The molecule has 1 fully saturated rings. The van der Waals surface area contributed by atoms with Gasteiger partial charge < -0.3 is 10.1 Å². The van der Waals surface area contributed by atoms with Gasteiger partial charge in [0.1, 0.15) is 5.75 Å². The van der Waals surface area contributed by atoms with Gasteiger partial charge >= 0.3 is 0 Å². The molecule has 2 aromatic rings. The number of aromatic nitrogens is 1. The number of pyridine rings is 1. The summed E-state index contributed by atoms with van der Waals surface area (Å²) in [7, 11) is -1.85. The van der Waals surface area contributed by atoms with E-state index in [2.05, 4.69) is 10.3 Å². The molecule has 0 saturated carbocycles. The highest BCUT2D eigenvalue weighted by atomic mass is 32.2. The van der Waals surface area contributed by atoms with E-state index in [1.54, 1.807) is 30.3 Å². The number of carbonyl (C=O) groups is 1. The van der Waals surface area contributed by atoms with Gasteiger partial charge in [0.15, 0.2) is 0 Å². The van der Waals surface area contributed by atoms with Crippen LogP contribution < -0.4 is 14.4 Å². The fraction of sp³-hybridized carbons (Fsp3) is 0.250. The molecule has 3 rings (SSSR count). The van der Waals surface area contributed by atoms with Crippen molar-refractivity contribution >= 4 is 27.3 Å². The first-order chi connectivity index (χ1) is 11.5. The number of benzene rings is 1. The molecule has 1 N–H and O–H groups in total. The van der Waals surface area contributed by atoms with Crippen molar-refractivity contribution in [3.63, 3.8) is 0 Å². The van der Waals surface area contributed by atoms with E-state index in [4.69, 9.17) is 4.74 Å². The number of nitrogens with one attached hydrogen (secondary N) is 1. The number of ether oxygens (including phenoxy) is 1. The third kappa shape index (κ3) is 3.18. The Hall–Kier alpha value is -2.61. The lowest BCUT2D eigenvalue weighted by Crippen LogP contribution is -2.25. The average Bonchev–Trinajstić information content (AvgIpc) is 2.94. The molecule has 1 aliphatic heterocycles. The summed E-state index contributed by atoms with van der Waals surface area (Å²) < 4.78 is 30.9. The lowest BCUT2D eigenvalue weighted by atomic mass is 10.2. The Morgan fingerprint density at radius 3 is 2.62 bits per heavy atom. The minimum Gasteiger partial charge on any atom is -0.495 e. The maximum atomic E-state index is 12.2. The Bertz CT molecular complexity index is 853. The predicted molar refractivity (Wildman–Crippen MR) is 90.9 cm³/mol. The second-order valence-electron chi connectivity index (χ2n) is 5.32. The maximum Gasteiger partial charge on any atom is 0.255 e. The highest BCUT2D eigenvalue weighted by molar-refractivity contribution is 7.93. The van der Waals surface area contributed by atoms with Crippen LogP contribution in [0.2, 0.25) is 0 Å². The van der Waals surface area contributed by atoms with Gasteiger partial charge in [-0.1, -0.05) is 0 Å². The molecular formula is C16H17N3O4S. The zero-order valence-corrected chi connectivity index (χ0v) is 13.9. The van der Waals surface area contributed by atoms with Crippen molar-refractivity contribution in [3.05, 3.63) is 48.3 Å². The quantitative estimate of drug-likeness (QED) is 0.912. The molecule has 0 unspecified atom stereocenters. The number of anilines is 2. The van der Waals surface area contributed by atoms with Crippen LogP contribution in [0, 0.1) is 0 Å². The van der Waals surface area contributed by atoms with Gasteiger partial charge in [0.25, 0.3) is 5.91 Å². The van der Waals surface area contributed by atoms with Crippen LogP contribution in [0.5, 0.6) is 5.75 Å². The Kier molecular flexibility index (Phi) is 4.39. The smallest absolute Gasteiger partial charge is 0.255 e. The molecule has 0 aliphatic carbocycles. The van der Waals surface area contributed by atoms with E-state index in [0.29, 0.717) is 35.7 Å². The van der Waals surface area contributed by atoms with Gasteiger partial charge in [0.05, 0.1) is 18.6 Å². The summed E-state index contributed by atoms with van der Waals surface area (Å²) in [5, 5.41) is 2.76. The van der Waals surface area contributed by atoms with Gasteiger partial charge in [0.2, 0.25) is 10.0 Å². The molecule has 1 amide bonds. The number of sulfonamides is 1. The molecule has 126 valence electrons. The Morgan fingerprint density at radius 2 is 2.00 bits per heavy atom. The lowest BCUT2D eigenvalue weighted by Gasteiger charge is -2.20. The maximum absolute atomic E-state index is 12.2. The van der Waals surface area contributed by atoms with Crippen molar-refractivity contribution < 1.29 is 17.9 Å². The zero-order valence-electron chi connectivity index (χ0n) is 13.1. The lowest BCUT2D eigenvalue weighted by molar-refractivity contribution is 0.102. The second kappa shape index (κ2) is 6.48. The van der Waals surface area contributed by atoms with E-state index in [0.717, 1.165) is 0 Å². The molecule has 1 saturated heterocycles. The van der Waals surface area contributed by atoms with Crippen LogP contribution in [0.25, 0.3) is 0 Å². The summed E-state index contributed by atoms with van der Waals surface area (Å²) in [4.78, 5) is 16.1. The standard InChI is InChI=1S/C16H17N3O4S/c1-23-15-4-3-13(18-16(20)12-5-7-17-8-6-12)11-14(15)19-9-2-10-24(19,21)22/h3-8,11H,2,9-10H2,1H3,(H,18,20). The first-order valence-electron chi connectivity index (χ1n) is 7.41. The van der Waals surface area contributed by atoms with Crippen LogP contribution in [0.1, 0.15) is 16.8 Å². The first-order valence-corrected chi connectivity index (χ1v) is 9.02. The van der Waals surface area contributed by atoms with Gasteiger partial charge in [-0.05, 0) is 36.8 Å². The molecule has 0 radical (unpaired) electrons. The number of hydrogen-bond acceptors (Lipinski definition) is 5. The van der Waals surface area contributed by atoms with E-state index >= 15 is 0 Å². The van der Waals surface area contributed by atoms with Crippen molar-refractivity contribution in [2.24, 2.45) is 0 Å². The summed E-state index contributed by atoms with van der Waals surface area (Å²) in [6, 6.07) is 8.13. The Morgan fingerprint density at radius 1 is 1.25 bits per heavy atom. The van der Waals surface area contributed by atoms with Crippen molar-refractivity contribution in [2.45, 2.75) is 6.42 Å². The normalized spacial score (nSPS) is 16.0. The molecule has 2 heterocycles. The van der Waals surface area contributed by atoms with Crippen LogP contribution in [-0.4, -0.2) is 38.7 Å². The zero-order chi connectivity index (χ0) is 17.2. The summed E-state index contributed by atoms with van der Waals surface area (Å²) in [5.41, 5.74) is 1.40. The number of nitrogens with zero attached hydrogens (tertiary/aromatic N) is 2. The Balaban J connectivity index is 1.91. The van der Waals surface area contributed by atoms with Crippen molar-refractivity contribution in [2.75, 3.05) is 29.0 Å². The molecule has 7 nitrogen and oxygen atoms in total. The predicted octanol–water partition coefficient (Wildman–Crippen LogP) is 1.88. The van der Waals surface area contributed by atoms with Crippen LogP contribution >= 0.6 is 0 Å². The molecular weight excluding hydrogens is 330 g/mol. The van der Waals surface area contributed by atoms with Gasteiger partial charge in [-0.25, -0.2) is 8.42 Å². The molecule has 1 aromatic carbocycles. The molecule has 0 spiro atoms. The minimum absolute atomic E-state index is 0.115. The minimum atomic E-state index is -3.34. The van der Waals surface area contributed by atoms with E-state index in [1.807, 2.05) is 0 Å². The summed E-state index contributed by atoms with van der Waals surface area (Å²) in [5.74, 6) is 0.268. The molecule has 8 heteroatoms. The van der Waals surface area contributed by atoms with E-state index < -0.39 is 10.0 Å². The van der Waals surface area contributed by atoms with Crippen LogP contribution in [0.3, 0.4) is 0 Å². The number of methoxy groups -OCH3 is 1. The summed E-state index contributed by atoms with van der Waals surface area (Å²) in [6.07, 6.45) is 3.63. The molecule has 0 bridgehead atoms. The highest BCUT2D eigenvalue weighted by Gasteiger charge is 2.30. The monoisotopic (exact) mass is 347 g/mol.